The Kier molecular flexibility index (Phi) is 6.08. The van der Waals surface area contributed by atoms with Crippen molar-refractivity contribution in [3.8, 4) is 5.75 Å². The molecule has 0 bridgehead atoms. The van der Waals surface area contributed by atoms with Crippen molar-refractivity contribution in [3.05, 3.63) is 42.2 Å². The molecule has 1 aliphatic heterocycles. The van der Waals surface area contributed by atoms with E-state index in [0.29, 0.717) is 31.1 Å². The third-order valence-corrected chi connectivity index (χ3v) is 4.53. The lowest BCUT2D eigenvalue weighted by Crippen LogP contribution is -2.36. The van der Waals surface area contributed by atoms with Crippen LogP contribution in [0.25, 0.3) is 0 Å². The topological polar surface area (TPSA) is 97.3 Å². The number of carbonyl (C=O) groups is 2. The van der Waals surface area contributed by atoms with Gasteiger partial charge in [-0.1, -0.05) is 6.07 Å². The van der Waals surface area contributed by atoms with Crippen molar-refractivity contribution in [1.82, 2.24) is 20.4 Å². The maximum atomic E-state index is 12.5. The minimum Gasteiger partial charge on any atom is -0.492 e. The largest absolute Gasteiger partial charge is 0.492 e. The highest BCUT2D eigenvalue weighted by atomic mass is 16.5. The van der Waals surface area contributed by atoms with Crippen LogP contribution in [0.1, 0.15) is 18.4 Å². The number of aryl methyl sites for hydroxylation is 1. The molecule has 1 aliphatic rings. The summed E-state index contributed by atoms with van der Waals surface area (Å²) in [6.45, 7) is 3.66. The Balaban J connectivity index is 1.46. The summed E-state index contributed by atoms with van der Waals surface area (Å²) in [5.41, 5.74) is 1.76. The van der Waals surface area contributed by atoms with Gasteiger partial charge in [-0.3, -0.25) is 14.3 Å². The monoisotopic (exact) mass is 371 g/mol. The quantitative estimate of drug-likeness (QED) is 0.628. The number of hydrogen-bond acceptors (Lipinski definition) is 5. The van der Waals surface area contributed by atoms with Crippen LogP contribution in [0.15, 0.2) is 36.7 Å². The van der Waals surface area contributed by atoms with E-state index in [1.807, 2.05) is 31.6 Å². The molecule has 0 aliphatic carbocycles. The van der Waals surface area contributed by atoms with Gasteiger partial charge in [-0.15, -0.1) is 0 Å². The molecule has 0 saturated carbocycles. The van der Waals surface area contributed by atoms with Gasteiger partial charge in [0, 0.05) is 50.9 Å². The SMILES string of the molecule is CC(=O)Nc1cccc(OCCNC(=O)[C@H]2CNC[C@@H]2c2cnn(C)c2)c1. The molecule has 0 unspecified atom stereocenters. The number of aromatic nitrogens is 2. The lowest BCUT2D eigenvalue weighted by atomic mass is 9.90. The molecule has 1 saturated heterocycles. The molecule has 2 atom stereocenters. The van der Waals surface area contributed by atoms with Gasteiger partial charge in [0.2, 0.25) is 11.8 Å². The molecule has 0 radical (unpaired) electrons. The summed E-state index contributed by atoms with van der Waals surface area (Å²) in [6, 6.07) is 7.17. The van der Waals surface area contributed by atoms with E-state index in [4.69, 9.17) is 4.74 Å². The molecule has 1 aromatic heterocycles. The van der Waals surface area contributed by atoms with Crippen LogP contribution >= 0.6 is 0 Å². The minimum absolute atomic E-state index is 0.0180. The van der Waals surface area contributed by atoms with Crippen molar-refractivity contribution in [3.63, 3.8) is 0 Å². The molecule has 2 amide bonds. The number of nitrogens with zero attached hydrogens (tertiary/aromatic N) is 2. The Hall–Kier alpha value is -2.87. The summed E-state index contributed by atoms with van der Waals surface area (Å²) >= 11 is 0. The lowest BCUT2D eigenvalue weighted by Gasteiger charge is -2.17. The zero-order valence-corrected chi connectivity index (χ0v) is 15.6. The molecule has 8 nitrogen and oxygen atoms in total. The molecular weight excluding hydrogens is 346 g/mol. The molecule has 1 fully saturated rings. The van der Waals surface area contributed by atoms with E-state index in [0.717, 1.165) is 12.1 Å². The van der Waals surface area contributed by atoms with Crippen molar-refractivity contribution in [2.75, 3.05) is 31.6 Å². The average Bonchev–Trinajstić information content (AvgIpc) is 3.27. The number of ether oxygens (including phenoxy) is 1. The molecular formula is C19H25N5O3. The summed E-state index contributed by atoms with van der Waals surface area (Å²) in [7, 11) is 1.87. The second-order valence-electron chi connectivity index (χ2n) is 6.67. The first kappa shape index (κ1) is 18.9. The summed E-state index contributed by atoms with van der Waals surface area (Å²) < 4.78 is 7.42. The number of benzene rings is 1. The predicted octanol–water partition coefficient (Wildman–Crippen LogP) is 0.877. The van der Waals surface area contributed by atoms with Crippen LogP contribution in [0.5, 0.6) is 5.75 Å². The van der Waals surface area contributed by atoms with Crippen molar-refractivity contribution >= 4 is 17.5 Å². The Morgan fingerprint density at radius 2 is 2.22 bits per heavy atom. The van der Waals surface area contributed by atoms with Gasteiger partial charge in [-0.25, -0.2) is 0 Å². The molecule has 27 heavy (non-hydrogen) atoms. The van der Waals surface area contributed by atoms with Crippen LogP contribution in [-0.2, 0) is 16.6 Å². The van der Waals surface area contributed by atoms with Crippen molar-refractivity contribution in [2.45, 2.75) is 12.8 Å². The molecule has 2 aromatic rings. The Bertz CT molecular complexity index is 804. The highest BCUT2D eigenvalue weighted by Crippen LogP contribution is 2.27. The average molecular weight is 371 g/mol. The van der Waals surface area contributed by atoms with Gasteiger partial charge in [-0.05, 0) is 17.7 Å². The zero-order valence-electron chi connectivity index (χ0n) is 15.6. The van der Waals surface area contributed by atoms with Crippen LogP contribution in [-0.4, -0.2) is 47.8 Å². The number of rotatable bonds is 7. The number of nitrogens with one attached hydrogen (secondary N) is 3. The summed E-state index contributed by atoms with van der Waals surface area (Å²) in [6.07, 6.45) is 3.78. The first-order chi connectivity index (χ1) is 13.0. The van der Waals surface area contributed by atoms with Gasteiger partial charge >= 0.3 is 0 Å². The maximum absolute atomic E-state index is 12.5. The standard InChI is InChI=1S/C19H25N5O3/c1-13(25)23-15-4-3-5-16(8-15)27-7-6-21-19(26)18-11-20-10-17(18)14-9-22-24(2)12-14/h3-5,8-9,12,17-18,20H,6-7,10-11H2,1-2H3,(H,21,26)(H,23,25)/t17-,18+/m1/s1. The van der Waals surface area contributed by atoms with Gasteiger partial charge in [-0.2, -0.15) is 5.10 Å². The smallest absolute Gasteiger partial charge is 0.225 e. The van der Waals surface area contributed by atoms with Crippen molar-refractivity contribution < 1.29 is 14.3 Å². The first-order valence-electron chi connectivity index (χ1n) is 9.00. The van der Waals surface area contributed by atoms with Crippen LogP contribution in [0.3, 0.4) is 0 Å². The summed E-state index contributed by atoms with van der Waals surface area (Å²) in [5.74, 6) is 0.551. The summed E-state index contributed by atoms with van der Waals surface area (Å²) in [4.78, 5) is 23.6. The fraction of sp³-hybridized carbons (Fsp3) is 0.421. The molecule has 0 spiro atoms. The number of hydrogen-bond donors (Lipinski definition) is 3. The number of carbonyl (C=O) groups excluding carboxylic acids is 2. The third-order valence-electron chi connectivity index (χ3n) is 4.53. The normalized spacial score (nSPS) is 18.9. The first-order valence-corrected chi connectivity index (χ1v) is 9.00. The molecule has 3 rings (SSSR count). The van der Waals surface area contributed by atoms with E-state index in [2.05, 4.69) is 21.0 Å². The second kappa shape index (κ2) is 8.68. The molecule has 2 heterocycles. The van der Waals surface area contributed by atoms with E-state index in [-0.39, 0.29) is 23.7 Å². The minimum atomic E-state index is -0.132. The highest BCUT2D eigenvalue weighted by Gasteiger charge is 2.34. The lowest BCUT2D eigenvalue weighted by molar-refractivity contribution is -0.125. The highest BCUT2D eigenvalue weighted by molar-refractivity contribution is 5.88. The number of amides is 2. The van der Waals surface area contributed by atoms with E-state index in [9.17, 15) is 9.59 Å². The van der Waals surface area contributed by atoms with E-state index >= 15 is 0 Å². The van der Waals surface area contributed by atoms with Crippen molar-refractivity contribution in [2.24, 2.45) is 13.0 Å². The molecule has 8 heteroatoms. The Labute approximate surface area is 158 Å². The van der Waals surface area contributed by atoms with Gasteiger partial charge in [0.05, 0.1) is 18.7 Å². The van der Waals surface area contributed by atoms with E-state index in [1.54, 1.807) is 16.8 Å². The van der Waals surface area contributed by atoms with Crippen molar-refractivity contribution in [1.29, 1.82) is 0 Å². The number of anilines is 1. The van der Waals surface area contributed by atoms with Crippen LogP contribution < -0.4 is 20.7 Å². The maximum Gasteiger partial charge on any atom is 0.225 e. The third kappa shape index (κ3) is 5.07. The van der Waals surface area contributed by atoms with Gasteiger partial charge in [0.15, 0.2) is 0 Å². The van der Waals surface area contributed by atoms with Gasteiger partial charge in [0.1, 0.15) is 12.4 Å². The van der Waals surface area contributed by atoms with E-state index < -0.39 is 0 Å². The predicted molar refractivity (Wildman–Crippen MR) is 102 cm³/mol. The van der Waals surface area contributed by atoms with Crippen LogP contribution in [0.2, 0.25) is 0 Å². The Morgan fingerprint density at radius 3 is 2.96 bits per heavy atom. The molecule has 1 aromatic carbocycles. The zero-order chi connectivity index (χ0) is 19.2. The Morgan fingerprint density at radius 1 is 1.37 bits per heavy atom. The fourth-order valence-corrected chi connectivity index (χ4v) is 3.28. The second-order valence-corrected chi connectivity index (χ2v) is 6.67. The van der Waals surface area contributed by atoms with Gasteiger partial charge in [0.25, 0.3) is 0 Å². The van der Waals surface area contributed by atoms with Crippen LogP contribution in [0.4, 0.5) is 5.69 Å². The van der Waals surface area contributed by atoms with E-state index in [1.165, 1.54) is 6.92 Å². The summed E-state index contributed by atoms with van der Waals surface area (Å²) in [5, 5.41) is 13.1. The fourth-order valence-electron chi connectivity index (χ4n) is 3.28. The molecule has 3 N–H and O–H groups in total. The van der Waals surface area contributed by atoms with Crippen LogP contribution in [0, 0.1) is 5.92 Å². The van der Waals surface area contributed by atoms with Gasteiger partial charge < -0.3 is 20.7 Å². The molecule has 144 valence electrons.